The molecule has 28 heavy (non-hydrogen) atoms. The van der Waals surface area contributed by atoms with Crippen LogP contribution >= 0.6 is 0 Å². The minimum absolute atomic E-state index is 0.00382. The summed E-state index contributed by atoms with van der Waals surface area (Å²) in [6, 6.07) is 15.7. The molecule has 0 spiro atoms. The second kappa shape index (κ2) is 8.25. The maximum Gasteiger partial charge on any atom is 0.235 e. The Kier molecular flexibility index (Phi) is 5.37. The zero-order valence-corrected chi connectivity index (χ0v) is 15.9. The van der Waals surface area contributed by atoms with E-state index in [0.29, 0.717) is 37.6 Å². The van der Waals surface area contributed by atoms with E-state index < -0.39 is 0 Å². The van der Waals surface area contributed by atoms with Gasteiger partial charge in [-0.1, -0.05) is 30.3 Å². The Bertz CT molecular complexity index is 990. The van der Waals surface area contributed by atoms with Crippen molar-refractivity contribution in [3.05, 3.63) is 59.8 Å². The van der Waals surface area contributed by atoms with E-state index >= 15 is 0 Å². The number of carbonyl (C=O) groups is 1. The molecule has 1 aliphatic rings. The Morgan fingerprint density at radius 1 is 1.14 bits per heavy atom. The second-order valence-corrected chi connectivity index (χ2v) is 6.96. The van der Waals surface area contributed by atoms with Crippen LogP contribution in [0.25, 0.3) is 11.0 Å². The average molecular weight is 377 g/mol. The zero-order valence-electron chi connectivity index (χ0n) is 15.9. The van der Waals surface area contributed by atoms with Crippen molar-refractivity contribution in [2.75, 3.05) is 20.3 Å². The lowest BCUT2D eigenvalue weighted by molar-refractivity contribution is -0.121. The van der Waals surface area contributed by atoms with Crippen LogP contribution in [0, 0.1) is 5.92 Å². The highest BCUT2D eigenvalue weighted by atomic mass is 16.5. The molecule has 1 unspecified atom stereocenters. The van der Waals surface area contributed by atoms with Crippen molar-refractivity contribution < 1.29 is 14.3 Å². The molecular formula is C22H23N3O3. The van der Waals surface area contributed by atoms with Crippen molar-refractivity contribution in [3.8, 4) is 11.6 Å². The highest BCUT2D eigenvalue weighted by Crippen LogP contribution is 2.26. The maximum atomic E-state index is 12.3. The summed E-state index contributed by atoms with van der Waals surface area (Å²) in [5, 5.41) is 3.02. The number of rotatable bonds is 6. The molecule has 0 fully saturated rings. The SMILES string of the molecule is COc1nc2ccccc2nc1CCC(=O)NCC1COc2ccccc2C1. The van der Waals surface area contributed by atoms with Gasteiger partial charge in [0.15, 0.2) is 0 Å². The normalized spacial score (nSPS) is 15.5. The van der Waals surface area contributed by atoms with Crippen LogP contribution < -0.4 is 14.8 Å². The molecule has 144 valence electrons. The summed E-state index contributed by atoms with van der Waals surface area (Å²) in [5.41, 5.74) is 3.48. The first-order valence-corrected chi connectivity index (χ1v) is 9.50. The zero-order chi connectivity index (χ0) is 19.3. The number of benzene rings is 2. The second-order valence-electron chi connectivity index (χ2n) is 6.96. The molecule has 6 nitrogen and oxygen atoms in total. The van der Waals surface area contributed by atoms with Gasteiger partial charge in [-0.25, -0.2) is 9.97 Å². The first kappa shape index (κ1) is 18.2. The van der Waals surface area contributed by atoms with Crippen LogP contribution in [0.1, 0.15) is 17.7 Å². The summed E-state index contributed by atoms with van der Waals surface area (Å²) in [7, 11) is 1.57. The van der Waals surface area contributed by atoms with E-state index in [1.807, 2.05) is 42.5 Å². The molecule has 2 heterocycles. The van der Waals surface area contributed by atoms with Crippen LogP contribution in [-0.2, 0) is 17.6 Å². The fourth-order valence-electron chi connectivity index (χ4n) is 3.45. The van der Waals surface area contributed by atoms with Crippen LogP contribution in [0.3, 0.4) is 0 Å². The third-order valence-electron chi connectivity index (χ3n) is 4.93. The van der Waals surface area contributed by atoms with Crippen molar-refractivity contribution in [1.29, 1.82) is 0 Å². The summed E-state index contributed by atoms with van der Waals surface area (Å²) in [6.07, 6.45) is 1.74. The van der Waals surface area contributed by atoms with Crippen molar-refractivity contribution in [2.45, 2.75) is 19.3 Å². The van der Waals surface area contributed by atoms with Gasteiger partial charge in [0.05, 0.1) is 24.8 Å². The highest BCUT2D eigenvalue weighted by molar-refractivity contribution is 5.77. The number of carbonyl (C=O) groups excluding carboxylic acids is 1. The molecule has 2 aromatic carbocycles. The molecule has 1 aliphatic heterocycles. The predicted molar refractivity (Wildman–Crippen MR) is 107 cm³/mol. The van der Waals surface area contributed by atoms with E-state index in [2.05, 4.69) is 21.4 Å². The Hall–Kier alpha value is -3.15. The molecule has 1 aromatic heterocycles. The largest absolute Gasteiger partial charge is 0.493 e. The number of methoxy groups -OCH3 is 1. The molecule has 6 heteroatoms. The highest BCUT2D eigenvalue weighted by Gasteiger charge is 2.20. The molecule has 1 atom stereocenters. The fourth-order valence-corrected chi connectivity index (χ4v) is 3.45. The predicted octanol–water partition coefficient (Wildman–Crippen LogP) is 2.94. The van der Waals surface area contributed by atoms with Gasteiger partial charge >= 0.3 is 0 Å². The minimum atomic E-state index is -0.00382. The van der Waals surface area contributed by atoms with Gasteiger partial charge in [0.2, 0.25) is 11.8 Å². The van der Waals surface area contributed by atoms with E-state index in [9.17, 15) is 4.79 Å². The van der Waals surface area contributed by atoms with Gasteiger partial charge in [0, 0.05) is 25.3 Å². The van der Waals surface area contributed by atoms with E-state index in [1.165, 1.54) is 5.56 Å². The third kappa shape index (κ3) is 4.06. The van der Waals surface area contributed by atoms with Crippen molar-refractivity contribution >= 4 is 16.9 Å². The molecule has 1 amide bonds. The standard InChI is InChI=1S/C22H23N3O3/c1-27-22-19(24-17-7-3-4-8-18(17)25-22)10-11-21(26)23-13-15-12-16-6-2-5-9-20(16)28-14-15/h2-9,15H,10-14H2,1H3,(H,23,26). The van der Waals surface area contributed by atoms with E-state index in [4.69, 9.17) is 9.47 Å². The number of aromatic nitrogens is 2. The molecule has 4 rings (SSSR count). The molecule has 0 bridgehead atoms. The Morgan fingerprint density at radius 2 is 1.89 bits per heavy atom. The first-order valence-electron chi connectivity index (χ1n) is 9.50. The van der Waals surface area contributed by atoms with Gasteiger partial charge in [0.1, 0.15) is 11.4 Å². The van der Waals surface area contributed by atoms with Crippen LogP contribution in [0.5, 0.6) is 11.6 Å². The van der Waals surface area contributed by atoms with E-state index in [1.54, 1.807) is 7.11 Å². The molecule has 1 N–H and O–H groups in total. The van der Waals surface area contributed by atoms with Crippen LogP contribution in [0.2, 0.25) is 0 Å². The van der Waals surface area contributed by atoms with Gasteiger partial charge in [-0.05, 0) is 30.2 Å². The number of hydrogen-bond acceptors (Lipinski definition) is 5. The van der Waals surface area contributed by atoms with Crippen molar-refractivity contribution in [1.82, 2.24) is 15.3 Å². The van der Waals surface area contributed by atoms with Crippen LogP contribution in [0.4, 0.5) is 0 Å². The maximum absolute atomic E-state index is 12.3. The number of hydrogen-bond donors (Lipinski definition) is 1. The molecule has 0 aliphatic carbocycles. The smallest absolute Gasteiger partial charge is 0.235 e. The summed E-state index contributed by atoms with van der Waals surface area (Å²) >= 11 is 0. The van der Waals surface area contributed by atoms with Crippen molar-refractivity contribution in [2.24, 2.45) is 5.92 Å². The lowest BCUT2D eigenvalue weighted by Gasteiger charge is -2.25. The van der Waals surface area contributed by atoms with Gasteiger partial charge in [-0.3, -0.25) is 4.79 Å². The topological polar surface area (TPSA) is 73.3 Å². The summed E-state index contributed by atoms with van der Waals surface area (Å²) < 4.78 is 11.1. The Morgan fingerprint density at radius 3 is 2.71 bits per heavy atom. The number of amides is 1. The van der Waals surface area contributed by atoms with Crippen LogP contribution in [-0.4, -0.2) is 36.1 Å². The van der Waals surface area contributed by atoms with E-state index in [-0.39, 0.29) is 11.8 Å². The Balaban J connectivity index is 1.32. The molecule has 3 aromatic rings. The lowest BCUT2D eigenvalue weighted by atomic mass is 9.97. The number of aryl methyl sites for hydroxylation is 1. The molecule has 0 saturated carbocycles. The van der Waals surface area contributed by atoms with Gasteiger partial charge in [-0.15, -0.1) is 0 Å². The average Bonchev–Trinajstić information content (AvgIpc) is 2.75. The molecule has 0 radical (unpaired) electrons. The van der Waals surface area contributed by atoms with Gasteiger partial charge < -0.3 is 14.8 Å². The summed E-state index contributed by atoms with van der Waals surface area (Å²) in [5.74, 6) is 1.71. The monoisotopic (exact) mass is 377 g/mol. The number of fused-ring (bicyclic) bond motifs is 2. The number of nitrogens with zero attached hydrogens (tertiary/aromatic N) is 2. The fraction of sp³-hybridized carbons (Fsp3) is 0.318. The van der Waals surface area contributed by atoms with Gasteiger partial charge in [0.25, 0.3) is 0 Å². The summed E-state index contributed by atoms with van der Waals surface area (Å²) in [4.78, 5) is 21.4. The van der Waals surface area contributed by atoms with Gasteiger partial charge in [-0.2, -0.15) is 0 Å². The minimum Gasteiger partial charge on any atom is -0.493 e. The number of para-hydroxylation sites is 3. The third-order valence-corrected chi connectivity index (χ3v) is 4.93. The quantitative estimate of drug-likeness (QED) is 0.715. The summed E-state index contributed by atoms with van der Waals surface area (Å²) in [6.45, 7) is 1.23. The lowest BCUT2D eigenvalue weighted by Crippen LogP contribution is -2.34. The van der Waals surface area contributed by atoms with Crippen molar-refractivity contribution in [3.63, 3.8) is 0 Å². The number of nitrogens with one attached hydrogen (secondary N) is 1. The first-order chi connectivity index (χ1) is 13.7. The van der Waals surface area contributed by atoms with Crippen LogP contribution in [0.15, 0.2) is 48.5 Å². The number of ether oxygens (including phenoxy) is 2. The van der Waals surface area contributed by atoms with E-state index in [0.717, 1.165) is 23.2 Å². The Labute approximate surface area is 163 Å². The molecule has 0 saturated heterocycles. The molecular weight excluding hydrogens is 354 g/mol.